The molecule has 0 radical (unpaired) electrons. The lowest BCUT2D eigenvalue weighted by Gasteiger charge is -2.26. The zero-order chi connectivity index (χ0) is 12.1. The van der Waals surface area contributed by atoms with Crippen LogP contribution in [0.1, 0.15) is 46.5 Å². The average Bonchev–Trinajstić information content (AvgIpc) is 2.99. The van der Waals surface area contributed by atoms with Gasteiger partial charge in [-0.05, 0) is 37.5 Å². The van der Waals surface area contributed by atoms with Gasteiger partial charge in [0.25, 0.3) is 0 Å². The van der Waals surface area contributed by atoms with Gasteiger partial charge in [0.15, 0.2) is 0 Å². The van der Waals surface area contributed by atoms with Crippen LogP contribution in [0.4, 0.5) is 0 Å². The predicted molar refractivity (Wildman–Crippen MR) is 67.0 cm³/mol. The number of amides is 1. The number of nitrogens with two attached hydrogens (primary N) is 1. The minimum absolute atomic E-state index is 0.155. The van der Waals surface area contributed by atoms with Gasteiger partial charge in [0.2, 0.25) is 5.91 Å². The first-order chi connectivity index (χ1) is 7.54. The Morgan fingerprint density at radius 2 is 2.06 bits per heavy atom. The van der Waals surface area contributed by atoms with Crippen molar-refractivity contribution in [2.24, 2.45) is 17.6 Å². The number of hydrogen-bond acceptors (Lipinski definition) is 2. The molecule has 1 aliphatic rings. The van der Waals surface area contributed by atoms with E-state index < -0.39 is 0 Å². The van der Waals surface area contributed by atoms with Crippen LogP contribution in [0.5, 0.6) is 0 Å². The Bertz CT molecular complexity index is 224. The molecule has 3 heteroatoms. The van der Waals surface area contributed by atoms with E-state index in [0.717, 1.165) is 31.8 Å². The molecule has 0 aliphatic heterocycles. The molecule has 1 fully saturated rings. The van der Waals surface area contributed by atoms with Crippen molar-refractivity contribution in [2.75, 3.05) is 13.1 Å². The molecule has 1 unspecified atom stereocenters. The molecule has 0 saturated heterocycles. The molecule has 1 amide bonds. The summed E-state index contributed by atoms with van der Waals surface area (Å²) in [6.07, 6.45) is 4.39. The maximum atomic E-state index is 12.1. The Morgan fingerprint density at radius 3 is 2.50 bits per heavy atom. The van der Waals surface area contributed by atoms with E-state index in [1.807, 2.05) is 4.90 Å². The van der Waals surface area contributed by atoms with E-state index >= 15 is 0 Å². The number of hydrogen-bond donors (Lipinski definition) is 1. The van der Waals surface area contributed by atoms with Crippen molar-refractivity contribution in [1.82, 2.24) is 4.90 Å². The van der Waals surface area contributed by atoms with Crippen LogP contribution in [0, 0.1) is 11.8 Å². The number of rotatable bonds is 7. The van der Waals surface area contributed by atoms with Crippen molar-refractivity contribution >= 4 is 5.91 Å². The minimum atomic E-state index is -0.301. The van der Waals surface area contributed by atoms with Gasteiger partial charge in [-0.1, -0.05) is 20.8 Å². The van der Waals surface area contributed by atoms with Crippen LogP contribution in [0.25, 0.3) is 0 Å². The van der Waals surface area contributed by atoms with Crippen LogP contribution in [-0.2, 0) is 4.79 Å². The summed E-state index contributed by atoms with van der Waals surface area (Å²) >= 11 is 0. The zero-order valence-corrected chi connectivity index (χ0v) is 10.9. The van der Waals surface area contributed by atoms with Crippen LogP contribution in [0.2, 0.25) is 0 Å². The molecular weight excluding hydrogens is 200 g/mol. The highest BCUT2D eigenvalue weighted by atomic mass is 16.2. The third-order valence-electron chi connectivity index (χ3n) is 3.02. The van der Waals surface area contributed by atoms with Crippen molar-refractivity contribution in [3.05, 3.63) is 0 Å². The largest absolute Gasteiger partial charge is 0.341 e. The second kappa shape index (κ2) is 6.24. The highest BCUT2D eigenvalue weighted by molar-refractivity contribution is 5.81. The fourth-order valence-electron chi connectivity index (χ4n) is 2.02. The summed E-state index contributed by atoms with van der Waals surface area (Å²) in [4.78, 5) is 14.1. The topological polar surface area (TPSA) is 46.3 Å². The van der Waals surface area contributed by atoms with Crippen molar-refractivity contribution < 1.29 is 4.79 Å². The second-order valence-corrected chi connectivity index (χ2v) is 5.46. The second-order valence-electron chi connectivity index (χ2n) is 5.46. The molecule has 1 atom stereocenters. The van der Waals surface area contributed by atoms with Gasteiger partial charge in [-0.15, -0.1) is 0 Å². The van der Waals surface area contributed by atoms with Crippen molar-refractivity contribution in [1.29, 1.82) is 0 Å². The summed E-state index contributed by atoms with van der Waals surface area (Å²) in [5.41, 5.74) is 5.95. The van der Waals surface area contributed by atoms with Crippen LogP contribution in [-0.4, -0.2) is 29.9 Å². The fourth-order valence-corrected chi connectivity index (χ4v) is 2.02. The Kier molecular flexibility index (Phi) is 5.26. The normalized spacial score (nSPS) is 17.6. The van der Waals surface area contributed by atoms with Crippen molar-refractivity contribution in [2.45, 2.75) is 52.5 Å². The van der Waals surface area contributed by atoms with Crippen LogP contribution in [0.15, 0.2) is 0 Å². The standard InChI is InChI=1S/C13H26N2O/c1-4-7-15(9-11-5-6-11)13(16)12(14)8-10(2)3/h10-12H,4-9,14H2,1-3H3. The van der Waals surface area contributed by atoms with Crippen molar-refractivity contribution in [3.8, 4) is 0 Å². The lowest BCUT2D eigenvalue weighted by molar-refractivity contribution is -0.133. The predicted octanol–water partition coefficient (Wildman–Crippen LogP) is 2.01. The maximum Gasteiger partial charge on any atom is 0.239 e. The van der Waals surface area contributed by atoms with Crippen LogP contribution in [0.3, 0.4) is 0 Å². The van der Waals surface area contributed by atoms with Gasteiger partial charge >= 0.3 is 0 Å². The molecule has 1 aliphatic carbocycles. The molecule has 94 valence electrons. The van der Waals surface area contributed by atoms with E-state index in [2.05, 4.69) is 20.8 Å². The Balaban J connectivity index is 2.43. The Labute approximate surface area is 99.4 Å². The summed E-state index contributed by atoms with van der Waals surface area (Å²) in [7, 11) is 0. The van der Waals surface area contributed by atoms with Gasteiger partial charge in [-0.25, -0.2) is 0 Å². The number of carbonyl (C=O) groups is 1. The lowest BCUT2D eigenvalue weighted by atomic mass is 10.0. The molecule has 0 bridgehead atoms. The highest BCUT2D eigenvalue weighted by Gasteiger charge is 2.28. The first kappa shape index (κ1) is 13.5. The summed E-state index contributed by atoms with van der Waals surface area (Å²) in [6, 6.07) is -0.301. The minimum Gasteiger partial charge on any atom is -0.341 e. The highest BCUT2D eigenvalue weighted by Crippen LogP contribution is 2.30. The quantitative estimate of drug-likeness (QED) is 0.722. The van der Waals surface area contributed by atoms with Crippen LogP contribution >= 0.6 is 0 Å². The van der Waals surface area contributed by atoms with Crippen molar-refractivity contribution in [3.63, 3.8) is 0 Å². The van der Waals surface area contributed by atoms with E-state index in [4.69, 9.17) is 5.73 Å². The molecule has 16 heavy (non-hydrogen) atoms. The third kappa shape index (κ3) is 4.52. The van der Waals surface area contributed by atoms with Gasteiger partial charge in [0.05, 0.1) is 6.04 Å². The van der Waals surface area contributed by atoms with Gasteiger partial charge in [-0.3, -0.25) is 4.79 Å². The molecule has 0 spiro atoms. The lowest BCUT2D eigenvalue weighted by Crippen LogP contribution is -2.45. The monoisotopic (exact) mass is 226 g/mol. The van der Waals surface area contributed by atoms with Crippen LogP contribution < -0.4 is 5.73 Å². The Morgan fingerprint density at radius 1 is 1.44 bits per heavy atom. The summed E-state index contributed by atoms with van der Waals surface area (Å²) < 4.78 is 0. The third-order valence-corrected chi connectivity index (χ3v) is 3.02. The SMILES string of the molecule is CCCN(CC1CC1)C(=O)C(N)CC(C)C. The smallest absolute Gasteiger partial charge is 0.239 e. The Hall–Kier alpha value is -0.570. The maximum absolute atomic E-state index is 12.1. The van der Waals surface area contributed by atoms with E-state index in [0.29, 0.717) is 5.92 Å². The average molecular weight is 226 g/mol. The van der Waals surface area contributed by atoms with Gasteiger partial charge in [-0.2, -0.15) is 0 Å². The van der Waals surface area contributed by atoms with Gasteiger partial charge in [0, 0.05) is 13.1 Å². The molecule has 0 heterocycles. The molecule has 3 nitrogen and oxygen atoms in total. The first-order valence-corrected chi connectivity index (χ1v) is 6.59. The van der Waals surface area contributed by atoms with E-state index in [9.17, 15) is 4.79 Å². The molecule has 2 N–H and O–H groups in total. The summed E-state index contributed by atoms with van der Waals surface area (Å²) in [5, 5.41) is 0. The van der Waals surface area contributed by atoms with E-state index in [1.165, 1.54) is 12.8 Å². The number of nitrogens with zero attached hydrogens (tertiary/aromatic N) is 1. The van der Waals surface area contributed by atoms with Gasteiger partial charge < -0.3 is 10.6 Å². The molecular formula is C13H26N2O. The molecule has 0 aromatic heterocycles. The molecule has 1 saturated carbocycles. The van der Waals surface area contributed by atoms with Gasteiger partial charge in [0.1, 0.15) is 0 Å². The number of carbonyl (C=O) groups excluding carboxylic acids is 1. The summed E-state index contributed by atoms with van der Waals surface area (Å²) in [6.45, 7) is 8.12. The fraction of sp³-hybridized carbons (Fsp3) is 0.923. The molecule has 0 aromatic carbocycles. The first-order valence-electron chi connectivity index (χ1n) is 6.59. The molecule has 1 rings (SSSR count). The molecule has 0 aromatic rings. The summed E-state index contributed by atoms with van der Waals surface area (Å²) in [5.74, 6) is 1.40. The van der Waals surface area contributed by atoms with E-state index in [1.54, 1.807) is 0 Å². The zero-order valence-electron chi connectivity index (χ0n) is 10.9. The van der Waals surface area contributed by atoms with E-state index in [-0.39, 0.29) is 11.9 Å².